The molecule has 2 heterocycles. The largest absolute Gasteiger partial charge is 0.481 e. The fraction of sp³-hybridized carbons (Fsp3) is 0.545. The van der Waals surface area contributed by atoms with Crippen LogP contribution in [0.2, 0.25) is 0 Å². The van der Waals surface area contributed by atoms with Crippen molar-refractivity contribution in [2.24, 2.45) is 5.41 Å². The number of hydrogen-bond acceptors (Lipinski definition) is 4. The first-order valence-corrected chi connectivity index (χ1v) is 5.38. The maximum Gasteiger partial charge on any atom is 0.309 e. The quantitative estimate of drug-likeness (QED) is 0.812. The minimum Gasteiger partial charge on any atom is -0.481 e. The van der Waals surface area contributed by atoms with Crippen LogP contribution < -0.4 is 4.90 Å². The SMILES string of the molecule is CC1(C(=O)O)CCN(c2cccnn2)CC1. The summed E-state index contributed by atoms with van der Waals surface area (Å²) in [6, 6.07) is 3.74. The summed E-state index contributed by atoms with van der Waals surface area (Å²) in [4.78, 5) is 13.2. The number of nitrogens with zero attached hydrogens (tertiary/aromatic N) is 3. The molecule has 1 saturated heterocycles. The molecule has 1 aliphatic rings. The predicted molar refractivity (Wildman–Crippen MR) is 59.2 cm³/mol. The first kappa shape index (κ1) is 10.9. The Hall–Kier alpha value is -1.65. The average Bonchev–Trinajstić information content (AvgIpc) is 2.31. The number of anilines is 1. The monoisotopic (exact) mass is 221 g/mol. The van der Waals surface area contributed by atoms with E-state index in [0.29, 0.717) is 12.8 Å². The molecule has 1 fully saturated rings. The Kier molecular flexibility index (Phi) is 2.77. The third-order valence-electron chi connectivity index (χ3n) is 3.27. The van der Waals surface area contributed by atoms with Gasteiger partial charge >= 0.3 is 5.97 Å². The van der Waals surface area contributed by atoms with Gasteiger partial charge in [-0.1, -0.05) is 0 Å². The highest BCUT2D eigenvalue weighted by Crippen LogP contribution is 2.32. The Labute approximate surface area is 94.1 Å². The minimum absolute atomic E-state index is 0.585. The zero-order valence-corrected chi connectivity index (χ0v) is 9.26. The molecule has 1 aliphatic heterocycles. The van der Waals surface area contributed by atoms with E-state index in [0.717, 1.165) is 18.9 Å². The van der Waals surface area contributed by atoms with E-state index in [-0.39, 0.29) is 0 Å². The molecule has 1 N–H and O–H groups in total. The van der Waals surface area contributed by atoms with E-state index in [9.17, 15) is 4.79 Å². The van der Waals surface area contributed by atoms with Gasteiger partial charge in [0.15, 0.2) is 5.82 Å². The van der Waals surface area contributed by atoms with E-state index in [4.69, 9.17) is 5.11 Å². The van der Waals surface area contributed by atoms with Gasteiger partial charge in [-0.15, -0.1) is 5.10 Å². The normalized spacial score (nSPS) is 19.4. The molecule has 0 unspecified atom stereocenters. The summed E-state index contributed by atoms with van der Waals surface area (Å²) in [6.07, 6.45) is 2.94. The van der Waals surface area contributed by atoms with Crippen molar-refractivity contribution in [2.45, 2.75) is 19.8 Å². The van der Waals surface area contributed by atoms with Crippen molar-refractivity contribution >= 4 is 11.8 Å². The van der Waals surface area contributed by atoms with Crippen LogP contribution in [0, 0.1) is 5.41 Å². The molecule has 0 atom stereocenters. The Bertz CT molecular complexity index is 372. The summed E-state index contributed by atoms with van der Waals surface area (Å²) >= 11 is 0. The van der Waals surface area contributed by atoms with Gasteiger partial charge in [0.1, 0.15) is 0 Å². The maximum atomic E-state index is 11.1. The number of carbonyl (C=O) groups is 1. The lowest BCUT2D eigenvalue weighted by Crippen LogP contribution is -2.43. The Morgan fingerprint density at radius 2 is 2.19 bits per heavy atom. The number of rotatable bonds is 2. The third kappa shape index (κ3) is 1.98. The fourth-order valence-corrected chi connectivity index (χ4v) is 1.91. The zero-order chi connectivity index (χ0) is 11.6. The number of aliphatic carboxylic acids is 1. The van der Waals surface area contributed by atoms with Gasteiger partial charge in [-0.3, -0.25) is 4.79 Å². The number of carboxylic acid groups (broad SMARTS) is 1. The molecule has 0 aromatic carbocycles. The van der Waals surface area contributed by atoms with E-state index in [1.54, 1.807) is 6.20 Å². The lowest BCUT2D eigenvalue weighted by atomic mass is 9.80. The molecule has 5 nitrogen and oxygen atoms in total. The maximum absolute atomic E-state index is 11.1. The van der Waals surface area contributed by atoms with Crippen LogP contribution in [-0.4, -0.2) is 34.4 Å². The summed E-state index contributed by atoms with van der Waals surface area (Å²) in [6.45, 7) is 3.26. The lowest BCUT2D eigenvalue weighted by Gasteiger charge is -2.36. The summed E-state index contributed by atoms with van der Waals surface area (Å²) in [7, 11) is 0. The molecule has 5 heteroatoms. The molecular formula is C11H15N3O2. The highest BCUT2D eigenvalue weighted by Gasteiger charge is 2.37. The van der Waals surface area contributed by atoms with Gasteiger partial charge in [-0.25, -0.2) is 0 Å². The van der Waals surface area contributed by atoms with Crippen LogP contribution in [0.15, 0.2) is 18.3 Å². The number of aromatic nitrogens is 2. The van der Waals surface area contributed by atoms with Gasteiger partial charge in [0.05, 0.1) is 5.41 Å². The predicted octanol–water partition coefficient (Wildman–Crippen LogP) is 1.17. The summed E-state index contributed by atoms with van der Waals surface area (Å²) in [5, 5.41) is 17.0. The van der Waals surface area contributed by atoms with Crippen molar-refractivity contribution in [1.82, 2.24) is 10.2 Å². The molecule has 86 valence electrons. The van der Waals surface area contributed by atoms with Crippen molar-refractivity contribution < 1.29 is 9.90 Å². The summed E-state index contributed by atoms with van der Waals surface area (Å²) < 4.78 is 0. The average molecular weight is 221 g/mol. The number of hydrogen-bond donors (Lipinski definition) is 1. The van der Waals surface area contributed by atoms with Gasteiger partial charge in [-0.05, 0) is 31.9 Å². The third-order valence-corrected chi connectivity index (χ3v) is 3.27. The molecule has 0 aliphatic carbocycles. The van der Waals surface area contributed by atoms with E-state index in [1.807, 2.05) is 19.1 Å². The first-order valence-electron chi connectivity index (χ1n) is 5.38. The molecule has 0 bridgehead atoms. The van der Waals surface area contributed by atoms with Crippen molar-refractivity contribution in [1.29, 1.82) is 0 Å². The van der Waals surface area contributed by atoms with Crippen LogP contribution in [-0.2, 0) is 4.79 Å². The summed E-state index contributed by atoms with van der Waals surface area (Å²) in [5.41, 5.74) is -0.585. The first-order chi connectivity index (χ1) is 7.62. The minimum atomic E-state index is -0.703. The number of carboxylic acids is 1. The van der Waals surface area contributed by atoms with E-state index >= 15 is 0 Å². The van der Waals surface area contributed by atoms with E-state index in [1.165, 1.54) is 0 Å². The van der Waals surface area contributed by atoms with E-state index < -0.39 is 11.4 Å². The van der Waals surface area contributed by atoms with Crippen LogP contribution >= 0.6 is 0 Å². The zero-order valence-electron chi connectivity index (χ0n) is 9.26. The van der Waals surface area contributed by atoms with Crippen LogP contribution in [0.25, 0.3) is 0 Å². The highest BCUT2D eigenvalue weighted by molar-refractivity contribution is 5.74. The molecule has 0 saturated carbocycles. The van der Waals surface area contributed by atoms with Crippen LogP contribution in [0.4, 0.5) is 5.82 Å². The van der Waals surface area contributed by atoms with Gasteiger partial charge in [0.25, 0.3) is 0 Å². The van der Waals surface area contributed by atoms with Gasteiger partial charge < -0.3 is 10.0 Å². The standard InChI is InChI=1S/C11H15N3O2/c1-11(10(15)16)4-7-14(8-5-11)9-3-2-6-12-13-9/h2-3,6H,4-5,7-8H2,1H3,(H,15,16). The highest BCUT2D eigenvalue weighted by atomic mass is 16.4. The number of piperidine rings is 1. The lowest BCUT2D eigenvalue weighted by molar-refractivity contribution is -0.149. The second-order valence-electron chi connectivity index (χ2n) is 4.43. The molecule has 0 spiro atoms. The van der Waals surface area contributed by atoms with E-state index in [2.05, 4.69) is 15.1 Å². The molecule has 0 amide bonds. The van der Waals surface area contributed by atoms with Crippen LogP contribution in [0.1, 0.15) is 19.8 Å². The Balaban J connectivity index is 2.03. The Morgan fingerprint density at radius 3 is 2.69 bits per heavy atom. The smallest absolute Gasteiger partial charge is 0.309 e. The second kappa shape index (κ2) is 4.08. The summed E-state index contributed by atoms with van der Waals surface area (Å²) in [5.74, 6) is 0.126. The Morgan fingerprint density at radius 1 is 1.50 bits per heavy atom. The van der Waals surface area contributed by atoms with Gasteiger partial charge in [-0.2, -0.15) is 5.10 Å². The molecule has 0 radical (unpaired) electrons. The van der Waals surface area contributed by atoms with Gasteiger partial charge in [0, 0.05) is 19.3 Å². The second-order valence-corrected chi connectivity index (χ2v) is 4.43. The van der Waals surface area contributed by atoms with Crippen molar-refractivity contribution in [3.05, 3.63) is 18.3 Å². The molecular weight excluding hydrogens is 206 g/mol. The molecule has 16 heavy (non-hydrogen) atoms. The molecule has 1 aromatic rings. The molecule has 2 rings (SSSR count). The van der Waals surface area contributed by atoms with Crippen molar-refractivity contribution in [3.8, 4) is 0 Å². The fourth-order valence-electron chi connectivity index (χ4n) is 1.91. The van der Waals surface area contributed by atoms with Crippen LogP contribution in [0.3, 0.4) is 0 Å². The van der Waals surface area contributed by atoms with Crippen molar-refractivity contribution in [3.63, 3.8) is 0 Å². The van der Waals surface area contributed by atoms with Crippen LogP contribution in [0.5, 0.6) is 0 Å². The van der Waals surface area contributed by atoms with Gasteiger partial charge in [0.2, 0.25) is 0 Å². The molecule has 1 aromatic heterocycles. The van der Waals surface area contributed by atoms with Crippen molar-refractivity contribution in [2.75, 3.05) is 18.0 Å². The topological polar surface area (TPSA) is 66.3 Å².